The van der Waals surface area contributed by atoms with Gasteiger partial charge >= 0.3 is 5.97 Å². The molecule has 2 atom stereocenters. The lowest BCUT2D eigenvalue weighted by atomic mass is 10.0. The first-order valence-electron chi connectivity index (χ1n) is 12.0. The molecule has 1 aliphatic heterocycles. The van der Waals surface area contributed by atoms with Gasteiger partial charge in [-0.3, -0.25) is 19.3 Å². The van der Waals surface area contributed by atoms with E-state index in [0.29, 0.717) is 43.9 Å². The number of benzene rings is 1. The van der Waals surface area contributed by atoms with Gasteiger partial charge in [-0.2, -0.15) is 0 Å². The normalized spacial score (nSPS) is 17.7. The van der Waals surface area contributed by atoms with Gasteiger partial charge in [-0.05, 0) is 50.8 Å². The van der Waals surface area contributed by atoms with Crippen molar-refractivity contribution >= 4 is 40.9 Å². The summed E-state index contributed by atoms with van der Waals surface area (Å²) in [4.78, 5) is 55.7. The summed E-state index contributed by atoms with van der Waals surface area (Å²) < 4.78 is 10.8. The monoisotopic (exact) mass is 548 g/mol. The third-order valence-electron chi connectivity index (χ3n) is 6.07. The number of pyridine rings is 1. The van der Waals surface area contributed by atoms with E-state index >= 15 is 0 Å². The van der Waals surface area contributed by atoms with Gasteiger partial charge < -0.3 is 35.7 Å². The number of nitrogen functional groups attached to an aromatic ring is 1. The van der Waals surface area contributed by atoms with Crippen molar-refractivity contribution < 1.29 is 23.9 Å². The molecule has 0 radical (unpaired) electrons. The van der Waals surface area contributed by atoms with Crippen molar-refractivity contribution in [3.8, 4) is 0 Å². The van der Waals surface area contributed by atoms with E-state index in [9.17, 15) is 19.2 Å². The number of ether oxygens (including phenoxy) is 2. The van der Waals surface area contributed by atoms with Crippen molar-refractivity contribution in [1.29, 1.82) is 0 Å². The molecule has 2 aromatic rings. The van der Waals surface area contributed by atoms with Crippen LogP contribution in [0.4, 0.5) is 11.5 Å². The van der Waals surface area contributed by atoms with Crippen LogP contribution in [0.3, 0.4) is 0 Å². The van der Waals surface area contributed by atoms with E-state index in [0.717, 1.165) is 0 Å². The number of methoxy groups -OCH3 is 1. The molecule has 1 aromatic carbocycles. The number of halogens is 1. The fraction of sp³-hybridized carbons (Fsp3) is 0.440. The summed E-state index contributed by atoms with van der Waals surface area (Å²) in [6, 6.07) is 7.35. The van der Waals surface area contributed by atoms with E-state index in [1.54, 1.807) is 24.3 Å². The molecular weight excluding hydrogens is 516 g/mol. The van der Waals surface area contributed by atoms with Gasteiger partial charge in [-0.15, -0.1) is 0 Å². The Labute approximate surface area is 225 Å². The van der Waals surface area contributed by atoms with Gasteiger partial charge in [0.1, 0.15) is 18.0 Å². The zero-order valence-corrected chi connectivity index (χ0v) is 22.3. The minimum Gasteiger partial charge on any atom is -0.461 e. The summed E-state index contributed by atoms with van der Waals surface area (Å²) in [6.45, 7) is 1.95. The van der Waals surface area contributed by atoms with E-state index < -0.39 is 23.5 Å². The molecular formula is C25H33ClN6O6. The van der Waals surface area contributed by atoms with Crippen molar-refractivity contribution in [1.82, 2.24) is 20.1 Å². The number of nitrogens with two attached hydrogens (primary N) is 1. The summed E-state index contributed by atoms with van der Waals surface area (Å²) in [5.41, 5.74) is 5.74. The summed E-state index contributed by atoms with van der Waals surface area (Å²) >= 11 is 5.94. The summed E-state index contributed by atoms with van der Waals surface area (Å²) in [6.07, 6.45) is 0.101. The number of esters is 1. The molecule has 1 saturated heterocycles. The number of hydrogen-bond donors (Lipinski definition) is 4. The number of carbonyl (C=O) groups excluding carboxylic acids is 3. The molecule has 0 saturated carbocycles. The third-order valence-corrected chi connectivity index (χ3v) is 6.38. The number of rotatable bonds is 10. The number of hydrogen-bond acceptors (Lipinski definition) is 9. The Hall–Kier alpha value is -3.45. The fourth-order valence-corrected chi connectivity index (χ4v) is 4.12. The van der Waals surface area contributed by atoms with Gasteiger partial charge in [0.15, 0.2) is 0 Å². The van der Waals surface area contributed by atoms with E-state index in [-0.39, 0.29) is 34.9 Å². The number of piperidine rings is 1. The Kier molecular flexibility index (Phi) is 10.2. The second kappa shape index (κ2) is 13.4. The molecule has 2 amide bonds. The molecule has 206 valence electrons. The van der Waals surface area contributed by atoms with E-state index in [2.05, 4.69) is 15.6 Å². The average Bonchev–Trinajstić information content (AvgIpc) is 2.87. The standard InChI is InChI=1S/C25H33ClN6O6/c1-31(2)10-11-38-25(36)15-4-6-16(7-5-15)28-21(33)14-32-9-8-19(20(13-32)37-3)29-23(34)17-12-18(26)22(27)30-24(17)35/h4-7,12,19-20H,8-11,13-14H2,1-3H3,(H,28,33)(H,29,34)(H3,27,30,35)/t19-,20+/m1/s1. The lowest BCUT2D eigenvalue weighted by Crippen LogP contribution is -2.56. The van der Waals surface area contributed by atoms with Crippen molar-refractivity contribution in [2.24, 2.45) is 0 Å². The molecule has 2 heterocycles. The molecule has 1 aromatic heterocycles. The van der Waals surface area contributed by atoms with Crippen LogP contribution in [-0.2, 0) is 14.3 Å². The van der Waals surface area contributed by atoms with Crippen LogP contribution in [0.1, 0.15) is 27.1 Å². The number of H-pyrrole nitrogens is 1. The van der Waals surface area contributed by atoms with Crippen molar-refractivity contribution in [2.75, 3.05) is 65.0 Å². The largest absolute Gasteiger partial charge is 0.461 e. The number of aromatic amines is 1. The fourth-order valence-electron chi connectivity index (χ4n) is 3.96. The highest BCUT2D eigenvalue weighted by molar-refractivity contribution is 6.33. The highest BCUT2D eigenvalue weighted by atomic mass is 35.5. The number of carbonyl (C=O) groups is 3. The second-order valence-corrected chi connectivity index (χ2v) is 9.62. The van der Waals surface area contributed by atoms with Crippen molar-refractivity contribution in [2.45, 2.75) is 18.6 Å². The van der Waals surface area contributed by atoms with Crippen molar-refractivity contribution in [3.05, 3.63) is 56.8 Å². The summed E-state index contributed by atoms with van der Waals surface area (Å²) in [7, 11) is 5.31. The highest BCUT2D eigenvalue weighted by Gasteiger charge is 2.32. The number of likely N-dealkylation sites (tertiary alicyclic amines) is 1. The smallest absolute Gasteiger partial charge is 0.338 e. The lowest BCUT2D eigenvalue weighted by Gasteiger charge is -2.37. The van der Waals surface area contributed by atoms with Crippen LogP contribution in [-0.4, -0.2) is 98.7 Å². The van der Waals surface area contributed by atoms with Crippen LogP contribution in [0.2, 0.25) is 5.02 Å². The van der Waals surface area contributed by atoms with Gasteiger partial charge in [0, 0.05) is 32.4 Å². The van der Waals surface area contributed by atoms with Gasteiger partial charge in [-0.1, -0.05) is 11.6 Å². The first-order valence-corrected chi connectivity index (χ1v) is 12.4. The quantitative estimate of drug-likeness (QED) is 0.315. The number of anilines is 2. The molecule has 0 unspecified atom stereocenters. The Balaban J connectivity index is 1.49. The van der Waals surface area contributed by atoms with E-state index in [4.69, 9.17) is 26.8 Å². The Morgan fingerprint density at radius 3 is 2.61 bits per heavy atom. The van der Waals surface area contributed by atoms with Crippen LogP contribution >= 0.6 is 11.6 Å². The van der Waals surface area contributed by atoms with E-state index in [1.807, 2.05) is 23.9 Å². The van der Waals surface area contributed by atoms with Crippen LogP contribution in [0.25, 0.3) is 0 Å². The predicted molar refractivity (Wildman–Crippen MR) is 144 cm³/mol. The topological polar surface area (TPSA) is 159 Å². The zero-order valence-electron chi connectivity index (χ0n) is 21.6. The van der Waals surface area contributed by atoms with E-state index in [1.165, 1.54) is 13.2 Å². The summed E-state index contributed by atoms with van der Waals surface area (Å²) in [5.74, 6) is -1.25. The molecule has 5 N–H and O–H groups in total. The molecule has 38 heavy (non-hydrogen) atoms. The van der Waals surface area contributed by atoms with Gasteiger partial charge in [0.2, 0.25) is 5.91 Å². The molecule has 1 aliphatic rings. The predicted octanol–water partition coefficient (Wildman–Crippen LogP) is 0.787. The minimum atomic E-state index is -0.637. The van der Waals surface area contributed by atoms with Crippen LogP contribution in [0, 0.1) is 0 Å². The number of nitrogens with zero attached hydrogens (tertiary/aromatic N) is 2. The van der Waals surface area contributed by atoms with Crippen LogP contribution < -0.4 is 21.9 Å². The second-order valence-electron chi connectivity index (χ2n) is 9.22. The molecule has 0 aliphatic carbocycles. The maximum Gasteiger partial charge on any atom is 0.338 e. The molecule has 13 heteroatoms. The Morgan fingerprint density at radius 1 is 1.24 bits per heavy atom. The maximum absolute atomic E-state index is 12.7. The third kappa shape index (κ3) is 8.02. The zero-order chi connectivity index (χ0) is 27.8. The molecule has 0 spiro atoms. The van der Waals surface area contributed by atoms with Gasteiger partial charge in [-0.25, -0.2) is 4.79 Å². The number of likely N-dealkylation sites (N-methyl/N-ethyl adjacent to an activating group) is 1. The number of nitrogens with one attached hydrogen (secondary N) is 3. The van der Waals surface area contributed by atoms with Crippen molar-refractivity contribution in [3.63, 3.8) is 0 Å². The molecule has 1 fully saturated rings. The Bertz CT molecular complexity index is 1200. The molecule has 12 nitrogen and oxygen atoms in total. The van der Waals surface area contributed by atoms with Crippen LogP contribution in [0.5, 0.6) is 0 Å². The SMILES string of the molecule is CO[C@H]1CN(CC(=O)Nc2ccc(C(=O)OCCN(C)C)cc2)CC[C@H]1NC(=O)c1cc(Cl)c(N)[nH]c1=O. The van der Waals surface area contributed by atoms with Crippen LogP contribution in [0.15, 0.2) is 35.1 Å². The average molecular weight is 549 g/mol. The summed E-state index contributed by atoms with van der Waals surface area (Å²) in [5, 5.41) is 5.71. The highest BCUT2D eigenvalue weighted by Crippen LogP contribution is 2.17. The maximum atomic E-state index is 12.7. The molecule has 3 rings (SSSR count). The lowest BCUT2D eigenvalue weighted by molar-refractivity contribution is -0.118. The molecule has 0 bridgehead atoms. The van der Waals surface area contributed by atoms with Gasteiger partial charge in [0.25, 0.3) is 11.5 Å². The minimum absolute atomic E-state index is 0.0105. The van der Waals surface area contributed by atoms with Gasteiger partial charge in [0.05, 0.1) is 29.3 Å². The number of amides is 2. The number of aromatic nitrogens is 1. The Morgan fingerprint density at radius 2 is 1.95 bits per heavy atom. The first kappa shape index (κ1) is 29.1. The first-order chi connectivity index (χ1) is 18.1.